The van der Waals surface area contributed by atoms with Gasteiger partial charge in [0.25, 0.3) is 0 Å². The van der Waals surface area contributed by atoms with E-state index in [2.05, 4.69) is 55.5 Å². The summed E-state index contributed by atoms with van der Waals surface area (Å²) in [5.41, 5.74) is 11.6. The van der Waals surface area contributed by atoms with E-state index in [0.717, 1.165) is 5.92 Å². The predicted molar refractivity (Wildman–Crippen MR) is 94.1 cm³/mol. The Hall–Kier alpha value is -1.60. The third-order valence-corrected chi connectivity index (χ3v) is 5.06. The number of hydrogen-bond donors (Lipinski definition) is 1. The molecule has 1 saturated carbocycles. The lowest BCUT2D eigenvalue weighted by atomic mass is 9.90. The normalized spacial score (nSPS) is 17.9. The van der Waals surface area contributed by atoms with E-state index in [9.17, 15) is 0 Å². The van der Waals surface area contributed by atoms with Crippen molar-refractivity contribution in [3.05, 3.63) is 70.8 Å². The van der Waals surface area contributed by atoms with Crippen LogP contribution in [0.5, 0.6) is 0 Å². The summed E-state index contributed by atoms with van der Waals surface area (Å²) in [6.45, 7) is 2.11. The van der Waals surface area contributed by atoms with Crippen molar-refractivity contribution in [3.8, 4) is 0 Å². The van der Waals surface area contributed by atoms with Crippen LogP contribution in [-0.2, 0) is 0 Å². The van der Waals surface area contributed by atoms with Gasteiger partial charge < -0.3 is 5.73 Å². The van der Waals surface area contributed by atoms with Crippen LogP contribution in [0.3, 0.4) is 0 Å². The molecule has 1 aliphatic carbocycles. The zero-order valence-electron chi connectivity index (χ0n) is 13.6. The highest BCUT2D eigenvalue weighted by molar-refractivity contribution is 5.35. The molecule has 0 aliphatic heterocycles. The molecule has 2 aromatic carbocycles. The largest absolute Gasteiger partial charge is 0.320 e. The summed E-state index contributed by atoms with van der Waals surface area (Å²) >= 11 is 0. The minimum absolute atomic E-state index is 0.0243. The first-order valence-electron chi connectivity index (χ1n) is 8.66. The van der Waals surface area contributed by atoms with Gasteiger partial charge in [0.1, 0.15) is 0 Å². The van der Waals surface area contributed by atoms with E-state index >= 15 is 0 Å². The van der Waals surface area contributed by atoms with Gasteiger partial charge in [0.2, 0.25) is 0 Å². The van der Waals surface area contributed by atoms with Crippen molar-refractivity contribution in [2.24, 2.45) is 5.73 Å². The maximum atomic E-state index is 6.42. The molecule has 0 saturated heterocycles. The smallest absolute Gasteiger partial charge is 0.0551 e. The molecule has 0 radical (unpaired) electrons. The summed E-state index contributed by atoms with van der Waals surface area (Å²) in [5.74, 6) is 0.757. The zero-order valence-corrected chi connectivity index (χ0v) is 13.6. The number of aryl methyl sites for hydroxylation is 1. The molecule has 1 atom stereocenters. The van der Waals surface area contributed by atoms with Crippen LogP contribution in [0.25, 0.3) is 0 Å². The zero-order chi connectivity index (χ0) is 15.4. The summed E-state index contributed by atoms with van der Waals surface area (Å²) in [4.78, 5) is 0. The van der Waals surface area contributed by atoms with Crippen molar-refractivity contribution < 1.29 is 0 Å². The minimum Gasteiger partial charge on any atom is -0.320 e. The van der Waals surface area contributed by atoms with Gasteiger partial charge in [0, 0.05) is 0 Å². The quantitative estimate of drug-likeness (QED) is 0.745. The van der Waals surface area contributed by atoms with Gasteiger partial charge in [0.05, 0.1) is 6.04 Å². The molecule has 1 nitrogen and oxygen atoms in total. The standard InChI is InChI=1S/C21H27N/c1-16-8-10-19(11-9-16)21(22)20-14-12-18(13-15-20)17-6-4-2-3-5-7-17/h8-15,17,21H,2-7,22H2,1H3. The molecular weight excluding hydrogens is 266 g/mol. The lowest BCUT2D eigenvalue weighted by Gasteiger charge is -2.17. The Morgan fingerprint density at radius 1 is 0.773 bits per heavy atom. The van der Waals surface area contributed by atoms with Crippen molar-refractivity contribution in [3.63, 3.8) is 0 Å². The van der Waals surface area contributed by atoms with Gasteiger partial charge in [-0.25, -0.2) is 0 Å². The van der Waals surface area contributed by atoms with Crippen LogP contribution in [0, 0.1) is 6.92 Å². The number of rotatable bonds is 3. The van der Waals surface area contributed by atoms with E-state index in [1.54, 1.807) is 0 Å². The summed E-state index contributed by atoms with van der Waals surface area (Å²) in [6.07, 6.45) is 8.29. The molecule has 0 heterocycles. The number of benzene rings is 2. The van der Waals surface area contributed by atoms with Gasteiger partial charge in [-0.3, -0.25) is 0 Å². The highest BCUT2D eigenvalue weighted by Gasteiger charge is 2.15. The summed E-state index contributed by atoms with van der Waals surface area (Å²) < 4.78 is 0. The van der Waals surface area contributed by atoms with Crippen molar-refractivity contribution >= 4 is 0 Å². The second kappa shape index (κ2) is 7.11. The molecular formula is C21H27N. The highest BCUT2D eigenvalue weighted by atomic mass is 14.6. The van der Waals surface area contributed by atoms with Crippen molar-refractivity contribution in [1.82, 2.24) is 0 Å². The molecule has 0 bridgehead atoms. The van der Waals surface area contributed by atoms with Crippen LogP contribution >= 0.6 is 0 Å². The monoisotopic (exact) mass is 293 g/mol. The first-order valence-corrected chi connectivity index (χ1v) is 8.66. The van der Waals surface area contributed by atoms with Crippen molar-refractivity contribution in [1.29, 1.82) is 0 Å². The first-order chi connectivity index (χ1) is 10.7. The minimum atomic E-state index is -0.0243. The maximum Gasteiger partial charge on any atom is 0.0551 e. The van der Waals surface area contributed by atoms with Crippen LogP contribution in [0.4, 0.5) is 0 Å². The Kier molecular flexibility index (Phi) is 4.94. The lowest BCUT2D eigenvalue weighted by Crippen LogP contribution is -2.12. The number of nitrogens with two attached hydrogens (primary N) is 1. The van der Waals surface area contributed by atoms with Gasteiger partial charge in [-0.2, -0.15) is 0 Å². The summed E-state index contributed by atoms with van der Waals surface area (Å²) in [6, 6.07) is 17.6. The van der Waals surface area contributed by atoms with Crippen molar-refractivity contribution in [2.75, 3.05) is 0 Å². The van der Waals surface area contributed by atoms with Gasteiger partial charge >= 0.3 is 0 Å². The van der Waals surface area contributed by atoms with E-state index in [1.165, 1.54) is 60.8 Å². The molecule has 1 aliphatic rings. The summed E-state index contributed by atoms with van der Waals surface area (Å²) in [7, 11) is 0. The first kappa shape index (κ1) is 15.3. The molecule has 2 N–H and O–H groups in total. The fourth-order valence-corrected chi connectivity index (χ4v) is 3.55. The molecule has 1 heteroatoms. The number of hydrogen-bond acceptors (Lipinski definition) is 1. The van der Waals surface area contributed by atoms with E-state index in [4.69, 9.17) is 5.73 Å². The third kappa shape index (κ3) is 3.59. The summed E-state index contributed by atoms with van der Waals surface area (Å²) in [5, 5.41) is 0. The predicted octanol–water partition coefficient (Wildman–Crippen LogP) is 5.48. The molecule has 1 fully saturated rings. The Morgan fingerprint density at radius 2 is 1.27 bits per heavy atom. The van der Waals surface area contributed by atoms with Crippen molar-refractivity contribution in [2.45, 2.75) is 57.4 Å². The van der Waals surface area contributed by atoms with Crippen LogP contribution < -0.4 is 5.73 Å². The molecule has 1 unspecified atom stereocenters. The fourth-order valence-electron chi connectivity index (χ4n) is 3.55. The molecule has 0 spiro atoms. The van der Waals surface area contributed by atoms with Gasteiger partial charge in [-0.1, -0.05) is 79.8 Å². The Labute approximate surface area is 134 Å². The topological polar surface area (TPSA) is 26.0 Å². The van der Waals surface area contributed by atoms with Gasteiger partial charge in [-0.15, -0.1) is 0 Å². The molecule has 2 aromatic rings. The Bertz CT molecular complexity index is 574. The van der Waals surface area contributed by atoms with Gasteiger partial charge in [0.15, 0.2) is 0 Å². The van der Waals surface area contributed by atoms with Crippen LogP contribution in [-0.4, -0.2) is 0 Å². The second-order valence-corrected chi connectivity index (χ2v) is 6.74. The SMILES string of the molecule is Cc1ccc(C(N)c2ccc(C3CCCCCC3)cc2)cc1. The van der Waals surface area contributed by atoms with E-state index < -0.39 is 0 Å². The van der Waals surface area contributed by atoms with E-state index in [1.807, 2.05) is 0 Å². The Balaban J connectivity index is 1.74. The molecule has 116 valence electrons. The fraction of sp³-hybridized carbons (Fsp3) is 0.429. The average Bonchev–Trinajstić information content (AvgIpc) is 2.84. The molecule has 3 rings (SSSR count). The second-order valence-electron chi connectivity index (χ2n) is 6.74. The third-order valence-electron chi connectivity index (χ3n) is 5.06. The molecule has 0 amide bonds. The molecule has 22 heavy (non-hydrogen) atoms. The van der Waals surface area contributed by atoms with Crippen LogP contribution in [0.15, 0.2) is 48.5 Å². The average molecular weight is 293 g/mol. The Morgan fingerprint density at radius 3 is 1.82 bits per heavy atom. The highest BCUT2D eigenvalue weighted by Crippen LogP contribution is 2.32. The van der Waals surface area contributed by atoms with E-state index in [-0.39, 0.29) is 6.04 Å². The van der Waals surface area contributed by atoms with Gasteiger partial charge in [-0.05, 0) is 42.4 Å². The van der Waals surface area contributed by atoms with E-state index in [0.29, 0.717) is 0 Å². The van der Waals surface area contributed by atoms with Crippen LogP contribution in [0.2, 0.25) is 0 Å². The lowest BCUT2D eigenvalue weighted by molar-refractivity contribution is 0.592. The van der Waals surface area contributed by atoms with Crippen LogP contribution in [0.1, 0.15) is 72.7 Å². The molecule has 0 aromatic heterocycles. The maximum absolute atomic E-state index is 6.42.